The number of hydrogen-bond acceptors (Lipinski definition) is 6. The highest BCUT2D eigenvalue weighted by molar-refractivity contribution is 7.89. The number of hydrogen-bond donors (Lipinski definition) is 2. The average molecular weight is 564 g/mol. The maximum absolute atomic E-state index is 13.5. The van der Waals surface area contributed by atoms with Crippen LogP contribution in [0.3, 0.4) is 0 Å². The summed E-state index contributed by atoms with van der Waals surface area (Å²) in [7, 11) is -2.88. The quantitative estimate of drug-likeness (QED) is 0.483. The van der Waals surface area contributed by atoms with Crippen LogP contribution in [0.1, 0.15) is 39.2 Å². The van der Waals surface area contributed by atoms with Gasteiger partial charge in [0.05, 0.1) is 16.1 Å². The Kier molecular flexibility index (Phi) is 8.25. The Morgan fingerprint density at radius 2 is 1.65 bits per heavy atom. The Balaban J connectivity index is 1.92. The summed E-state index contributed by atoms with van der Waals surface area (Å²) in [5, 5.41) is 2.99. The number of alkyl halides is 3. The van der Waals surface area contributed by atoms with Crippen molar-refractivity contribution in [3.05, 3.63) is 53.1 Å². The van der Waals surface area contributed by atoms with Crippen LogP contribution in [-0.2, 0) is 20.3 Å². The second-order valence-corrected chi connectivity index (χ2v) is 11.7. The normalized spacial score (nSPS) is 16.3. The Morgan fingerprint density at radius 1 is 1.05 bits per heavy atom. The first-order valence-corrected chi connectivity index (χ1v) is 13.3. The van der Waals surface area contributed by atoms with E-state index in [1.165, 1.54) is 11.9 Å². The summed E-state index contributed by atoms with van der Waals surface area (Å²) in [6.45, 7) is 5.68. The lowest BCUT2D eigenvalue weighted by Gasteiger charge is -2.42. The number of anilines is 1. The van der Waals surface area contributed by atoms with E-state index in [1.54, 1.807) is 45.0 Å². The lowest BCUT2D eigenvalue weighted by atomic mass is 9.82. The molecule has 8 nitrogen and oxygen atoms in total. The van der Waals surface area contributed by atoms with Gasteiger partial charge < -0.3 is 19.7 Å². The van der Waals surface area contributed by atoms with Crippen LogP contribution in [0.4, 0.5) is 23.7 Å². The molecule has 1 heterocycles. The maximum atomic E-state index is 13.5. The Bertz CT molecular complexity index is 1220. The molecule has 0 aromatic heterocycles. The topological polar surface area (TPSA) is 97.0 Å². The molecule has 0 aliphatic carbocycles. The van der Waals surface area contributed by atoms with E-state index in [0.29, 0.717) is 10.6 Å². The number of rotatable bonds is 6. The van der Waals surface area contributed by atoms with Crippen molar-refractivity contribution in [1.82, 2.24) is 9.62 Å². The fraction of sp³-hybridized carbons (Fsp3) is 0.458. The molecule has 0 unspecified atom stereocenters. The Hall–Kier alpha value is -2.70. The Labute approximate surface area is 219 Å². The molecule has 1 amide bonds. The average Bonchev–Trinajstić information content (AvgIpc) is 2.77. The first-order chi connectivity index (χ1) is 17.0. The number of sulfonamides is 1. The Morgan fingerprint density at radius 3 is 2.16 bits per heavy atom. The number of halogens is 4. The molecule has 0 spiro atoms. The highest BCUT2D eigenvalue weighted by atomic mass is 35.5. The fourth-order valence-electron chi connectivity index (χ4n) is 4.02. The number of piperidine rings is 1. The molecule has 1 aliphatic rings. The van der Waals surface area contributed by atoms with E-state index < -0.39 is 39.4 Å². The number of nitrogens with zero attached hydrogens (tertiary/aromatic N) is 1. The van der Waals surface area contributed by atoms with Crippen LogP contribution >= 0.6 is 11.6 Å². The van der Waals surface area contributed by atoms with Gasteiger partial charge >= 0.3 is 12.5 Å². The summed E-state index contributed by atoms with van der Waals surface area (Å²) in [6.07, 6.45) is -4.99. The van der Waals surface area contributed by atoms with Crippen molar-refractivity contribution >= 4 is 33.4 Å². The highest BCUT2D eigenvalue weighted by Gasteiger charge is 2.42. The number of carbonyl (C=O) groups is 1. The van der Waals surface area contributed by atoms with Crippen LogP contribution in [0.15, 0.2) is 47.4 Å². The number of amides is 1. The van der Waals surface area contributed by atoms with Crippen LogP contribution in [0.5, 0.6) is 5.75 Å². The molecule has 3 rings (SSSR count). The monoisotopic (exact) mass is 563 g/mol. The highest BCUT2D eigenvalue weighted by Crippen LogP contribution is 2.37. The van der Waals surface area contributed by atoms with E-state index in [2.05, 4.69) is 14.8 Å². The second kappa shape index (κ2) is 10.6. The zero-order chi connectivity index (χ0) is 27.6. The molecule has 1 aliphatic heterocycles. The van der Waals surface area contributed by atoms with Crippen molar-refractivity contribution in [3.63, 3.8) is 0 Å². The van der Waals surface area contributed by atoms with Gasteiger partial charge in [-0.3, -0.25) is 0 Å². The molecule has 0 atom stereocenters. The third-order valence-electron chi connectivity index (χ3n) is 5.75. The van der Waals surface area contributed by atoms with E-state index >= 15 is 0 Å². The summed E-state index contributed by atoms with van der Waals surface area (Å²) in [5.41, 5.74) is -1.31. The van der Waals surface area contributed by atoms with Crippen molar-refractivity contribution < 1.29 is 35.9 Å². The van der Waals surface area contributed by atoms with Gasteiger partial charge in [0, 0.05) is 25.2 Å². The maximum Gasteiger partial charge on any atom is 0.573 e. The SMILES string of the molecule is CNc1cc(S(=O)(=O)NC2(c3ccc(Cl)cc3)CCN(C(=O)OC(C)(C)C)CC2)ccc1OC(F)(F)F. The van der Waals surface area contributed by atoms with Gasteiger partial charge in [-0.25, -0.2) is 17.9 Å². The molecule has 204 valence electrons. The number of nitrogens with one attached hydrogen (secondary N) is 2. The minimum atomic E-state index is -4.94. The summed E-state index contributed by atoms with van der Waals surface area (Å²) in [4.78, 5) is 13.8. The number of likely N-dealkylation sites (tertiary alicyclic amines) is 1. The first kappa shape index (κ1) is 28.9. The summed E-state index contributed by atoms with van der Waals surface area (Å²) in [5.74, 6) is -0.563. The van der Waals surface area contributed by atoms with Gasteiger partial charge in [0.1, 0.15) is 5.60 Å². The van der Waals surface area contributed by atoms with E-state index in [0.717, 1.165) is 18.2 Å². The van der Waals surface area contributed by atoms with Crippen molar-refractivity contribution in [1.29, 1.82) is 0 Å². The van der Waals surface area contributed by atoms with Crippen molar-refractivity contribution in [2.45, 2.75) is 56.0 Å². The van der Waals surface area contributed by atoms with Crippen LogP contribution in [0.25, 0.3) is 0 Å². The molecule has 0 bridgehead atoms. The fourth-order valence-corrected chi connectivity index (χ4v) is 5.62. The second-order valence-electron chi connectivity index (χ2n) is 9.62. The molecule has 0 saturated carbocycles. The zero-order valence-corrected chi connectivity index (χ0v) is 22.4. The lowest BCUT2D eigenvalue weighted by Crippen LogP contribution is -2.54. The number of ether oxygens (including phenoxy) is 2. The molecular formula is C24H29ClF3N3O5S. The van der Waals surface area contributed by atoms with Gasteiger partial charge in [0.15, 0.2) is 5.75 Å². The van der Waals surface area contributed by atoms with E-state index in [9.17, 15) is 26.4 Å². The van der Waals surface area contributed by atoms with Crippen LogP contribution in [0.2, 0.25) is 5.02 Å². The largest absolute Gasteiger partial charge is 0.573 e. The van der Waals surface area contributed by atoms with Gasteiger partial charge in [-0.1, -0.05) is 23.7 Å². The molecule has 0 radical (unpaired) electrons. The number of carbonyl (C=O) groups excluding carboxylic acids is 1. The van der Waals surface area contributed by atoms with Gasteiger partial charge in [-0.05, 0) is 69.5 Å². The van der Waals surface area contributed by atoms with E-state index in [4.69, 9.17) is 16.3 Å². The van der Waals surface area contributed by atoms with Crippen LogP contribution in [0, 0.1) is 0 Å². The van der Waals surface area contributed by atoms with Crippen molar-refractivity contribution in [3.8, 4) is 5.75 Å². The van der Waals surface area contributed by atoms with Gasteiger partial charge in [0.2, 0.25) is 10.0 Å². The third kappa shape index (κ3) is 7.42. The van der Waals surface area contributed by atoms with Gasteiger partial charge in [-0.15, -0.1) is 13.2 Å². The molecule has 37 heavy (non-hydrogen) atoms. The van der Waals surface area contributed by atoms with Gasteiger partial charge in [-0.2, -0.15) is 0 Å². The van der Waals surface area contributed by atoms with E-state index in [1.807, 2.05) is 0 Å². The summed E-state index contributed by atoms with van der Waals surface area (Å²) in [6, 6.07) is 9.71. The standard InChI is InChI=1S/C24H29ClF3N3O5S/c1-22(2,3)36-21(32)31-13-11-23(12-14-31,16-5-7-17(25)8-6-16)30-37(33,34)18-9-10-20(19(15-18)29-4)35-24(26,27)28/h5-10,15,29-30H,11-14H2,1-4H3. The molecule has 2 N–H and O–H groups in total. The predicted octanol–water partition coefficient (Wildman–Crippen LogP) is 5.49. The zero-order valence-electron chi connectivity index (χ0n) is 20.8. The first-order valence-electron chi connectivity index (χ1n) is 11.4. The van der Waals surface area contributed by atoms with E-state index in [-0.39, 0.29) is 36.5 Å². The van der Waals surface area contributed by atoms with Crippen LogP contribution in [-0.4, -0.2) is 51.5 Å². The molecule has 1 fully saturated rings. The summed E-state index contributed by atoms with van der Waals surface area (Å²) >= 11 is 6.04. The lowest BCUT2D eigenvalue weighted by molar-refractivity contribution is -0.274. The molecule has 2 aromatic rings. The molecule has 2 aromatic carbocycles. The minimum Gasteiger partial charge on any atom is -0.444 e. The minimum absolute atomic E-state index is 0.152. The predicted molar refractivity (Wildman–Crippen MR) is 133 cm³/mol. The molecular weight excluding hydrogens is 535 g/mol. The van der Waals surface area contributed by atoms with Crippen molar-refractivity contribution in [2.24, 2.45) is 0 Å². The smallest absolute Gasteiger partial charge is 0.444 e. The molecule has 13 heteroatoms. The van der Waals surface area contributed by atoms with Crippen molar-refractivity contribution in [2.75, 3.05) is 25.5 Å². The molecule has 1 saturated heterocycles. The third-order valence-corrected chi connectivity index (χ3v) is 7.54. The summed E-state index contributed by atoms with van der Waals surface area (Å²) < 4.78 is 77.3. The number of benzene rings is 2. The van der Waals surface area contributed by atoms with Crippen LogP contribution < -0.4 is 14.8 Å². The van der Waals surface area contributed by atoms with Gasteiger partial charge in [0.25, 0.3) is 0 Å².